The number of rotatable bonds is 4. The van der Waals surface area contributed by atoms with E-state index in [4.69, 9.17) is 9.97 Å². The quantitative estimate of drug-likeness (QED) is 0.190. The number of nitrogens with zero attached hydrogens (tertiary/aromatic N) is 4. The van der Waals surface area contributed by atoms with Gasteiger partial charge in [-0.05, 0) is 53.2 Å². The Labute approximate surface area is 291 Å². The van der Waals surface area contributed by atoms with Crippen molar-refractivity contribution in [2.45, 2.75) is 0 Å². The molecule has 0 amide bonds. The molecule has 50 heavy (non-hydrogen) atoms. The molecule has 5 heteroatoms. The first-order chi connectivity index (χ1) is 24.7. The highest BCUT2D eigenvalue weighted by Gasteiger charge is 2.22. The first-order valence-electron chi connectivity index (χ1n) is 16.6. The van der Waals surface area contributed by atoms with Crippen LogP contribution in [0.1, 0.15) is 5.56 Å². The van der Waals surface area contributed by atoms with Crippen molar-refractivity contribution in [3.05, 3.63) is 163 Å². The fraction of sp³-hybridized carbons (Fsp3) is 0. The molecule has 0 N–H and O–H groups in total. The number of hydrogen-bond donors (Lipinski definition) is 0. The van der Waals surface area contributed by atoms with Gasteiger partial charge in [0.15, 0.2) is 5.82 Å². The Hall–Kier alpha value is -6.61. The molecule has 232 valence electrons. The first-order valence-corrected chi connectivity index (χ1v) is 17.4. The summed E-state index contributed by atoms with van der Waals surface area (Å²) in [6, 6.07) is 57.2. The third kappa shape index (κ3) is 4.36. The number of thiophene rings is 1. The van der Waals surface area contributed by atoms with Crippen LogP contribution in [-0.4, -0.2) is 14.5 Å². The zero-order chi connectivity index (χ0) is 33.2. The molecule has 0 radical (unpaired) electrons. The van der Waals surface area contributed by atoms with Gasteiger partial charge in [-0.15, -0.1) is 11.3 Å². The Bertz CT molecular complexity index is 2990. The Balaban J connectivity index is 1.29. The highest BCUT2D eigenvalue weighted by atomic mass is 32.1. The first kappa shape index (κ1) is 28.4. The van der Waals surface area contributed by atoms with Gasteiger partial charge in [-0.1, -0.05) is 115 Å². The number of fused-ring (bicyclic) bond motifs is 8. The van der Waals surface area contributed by atoms with Crippen LogP contribution in [0.2, 0.25) is 0 Å². The number of benzene rings is 7. The highest BCUT2D eigenvalue weighted by molar-refractivity contribution is 7.26. The normalized spacial score (nSPS) is 11.6. The van der Waals surface area contributed by atoms with E-state index in [0.717, 1.165) is 49.6 Å². The monoisotopic (exact) mass is 654 g/mol. The minimum absolute atomic E-state index is 0.457. The lowest BCUT2D eigenvalue weighted by Gasteiger charge is -2.13. The second-order valence-electron chi connectivity index (χ2n) is 12.5. The van der Waals surface area contributed by atoms with Crippen LogP contribution in [0.15, 0.2) is 158 Å². The van der Waals surface area contributed by atoms with Crippen LogP contribution in [0.5, 0.6) is 0 Å². The molecule has 10 rings (SSSR count). The van der Waals surface area contributed by atoms with Crippen LogP contribution in [0, 0.1) is 11.3 Å². The van der Waals surface area contributed by atoms with Crippen molar-refractivity contribution in [3.8, 4) is 45.7 Å². The van der Waals surface area contributed by atoms with E-state index >= 15 is 0 Å². The second kappa shape index (κ2) is 11.2. The van der Waals surface area contributed by atoms with Crippen molar-refractivity contribution < 1.29 is 0 Å². The third-order valence-electron chi connectivity index (χ3n) is 9.64. The zero-order valence-corrected chi connectivity index (χ0v) is 27.5. The Morgan fingerprint density at radius 2 is 1.18 bits per heavy atom. The maximum absolute atomic E-state index is 10.8. The zero-order valence-electron chi connectivity index (χ0n) is 26.7. The second-order valence-corrected chi connectivity index (χ2v) is 13.5. The van der Waals surface area contributed by atoms with Crippen molar-refractivity contribution in [3.63, 3.8) is 0 Å². The lowest BCUT2D eigenvalue weighted by Crippen LogP contribution is -2.01. The Morgan fingerprint density at radius 1 is 0.520 bits per heavy atom. The van der Waals surface area contributed by atoms with E-state index in [1.807, 2.05) is 53.8 Å². The van der Waals surface area contributed by atoms with E-state index in [0.29, 0.717) is 22.8 Å². The molecule has 0 aliphatic carbocycles. The van der Waals surface area contributed by atoms with Gasteiger partial charge in [0, 0.05) is 53.3 Å². The fourth-order valence-electron chi connectivity index (χ4n) is 7.33. The molecule has 7 aromatic carbocycles. The van der Waals surface area contributed by atoms with E-state index < -0.39 is 0 Å². The van der Waals surface area contributed by atoms with Gasteiger partial charge >= 0.3 is 0 Å². The van der Waals surface area contributed by atoms with Crippen LogP contribution in [0.4, 0.5) is 0 Å². The van der Waals surface area contributed by atoms with Crippen molar-refractivity contribution in [1.29, 1.82) is 5.26 Å². The van der Waals surface area contributed by atoms with Crippen molar-refractivity contribution in [1.82, 2.24) is 14.5 Å². The Kier molecular flexibility index (Phi) is 6.38. The molecule has 10 aromatic rings. The molecule has 0 saturated carbocycles. The van der Waals surface area contributed by atoms with Crippen LogP contribution in [0.3, 0.4) is 0 Å². The van der Waals surface area contributed by atoms with Crippen LogP contribution >= 0.6 is 11.3 Å². The molecule has 0 bridgehead atoms. The lowest BCUT2D eigenvalue weighted by molar-refractivity contribution is 1.17. The molecule has 4 nitrogen and oxygen atoms in total. The van der Waals surface area contributed by atoms with Crippen LogP contribution in [-0.2, 0) is 0 Å². The lowest BCUT2D eigenvalue weighted by atomic mass is 9.97. The summed E-state index contributed by atoms with van der Waals surface area (Å²) in [6.07, 6.45) is 0. The number of hydrogen-bond acceptors (Lipinski definition) is 4. The molecular weight excluding hydrogens is 629 g/mol. The maximum Gasteiger partial charge on any atom is 0.160 e. The highest BCUT2D eigenvalue weighted by Crippen LogP contribution is 2.44. The standard InChI is InChI=1S/C45H26N4S/c46-27-37-42(31-20-19-28-11-7-8-14-30(28)25-31)47-45(29-12-3-1-4-13-29)48-43(37)32-21-23-38-36(26-32)41-39(49(38)33-15-5-2-6-16-33)24-22-35-34-17-9-10-18-40(34)50-44(35)41/h1-26H. The SMILES string of the molecule is N#Cc1c(-c2ccc3ccccc3c2)nc(-c2ccccc2)nc1-c1ccc2c(c1)c1c3sc4ccccc4c3ccc1n2-c1ccccc1. The molecule has 0 aliphatic rings. The average Bonchev–Trinajstić information content (AvgIpc) is 3.73. The summed E-state index contributed by atoms with van der Waals surface area (Å²) < 4.78 is 4.87. The van der Waals surface area contributed by atoms with E-state index in [-0.39, 0.29) is 0 Å². The molecule has 3 heterocycles. The summed E-state index contributed by atoms with van der Waals surface area (Å²) in [6.45, 7) is 0. The van der Waals surface area contributed by atoms with Crippen molar-refractivity contribution in [2.24, 2.45) is 0 Å². The summed E-state index contributed by atoms with van der Waals surface area (Å²) in [4.78, 5) is 10.2. The predicted molar refractivity (Wildman–Crippen MR) is 208 cm³/mol. The van der Waals surface area contributed by atoms with Gasteiger partial charge in [-0.25, -0.2) is 9.97 Å². The summed E-state index contributed by atoms with van der Waals surface area (Å²) in [5, 5.41) is 17.9. The molecule has 0 unspecified atom stereocenters. The molecule has 0 atom stereocenters. The van der Waals surface area contributed by atoms with Crippen molar-refractivity contribution >= 4 is 64.1 Å². The van der Waals surface area contributed by atoms with Gasteiger partial charge in [0.2, 0.25) is 0 Å². The fourth-order valence-corrected chi connectivity index (χ4v) is 8.59. The van der Waals surface area contributed by atoms with Crippen molar-refractivity contribution in [2.75, 3.05) is 0 Å². The van der Waals surface area contributed by atoms with E-state index in [9.17, 15) is 5.26 Å². The third-order valence-corrected chi connectivity index (χ3v) is 10.8. The van der Waals surface area contributed by atoms with Gasteiger partial charge in [0.25, 0.3) is 0 Å². The summed E-state index contributed by atoms with van der Waals surface area (Å²) in [5.74, 6) is 0.585. The number of nitriles is 1. The largest absolute Gasteiger partial charge is 0.309 e. The van der Waals surface area contributed by atoms with Crippen LogP contribution < -0.4 is 0 Å². The van der Waals surface area contributed by atoms with E-state index in [1.165, 1.54) is 25.6 Å². The van der Waals surface area contributed by atoms with Gasteiger partial charge in [0.1, 0.15) is 11.6 Å². The van der Waals surface area contributed by atoms with Gasteiger partial charge < -0.3 is 4.57 Å². The smallest absolute Gasteiger partial charge is 0.160 e. The van der Waals surface area contributed by atoms with Gasteiger partial charge in [-0.3, -0.25) is 0 Å². The number of aromatic nitrogens is 3. The molecular formula is C45H26N4S. The molecule has 3 aromatic heterocycles. The summed E-state index contributed by atoms with van der Waals surface area (Å²) in [7, 11) is 0. The van der Waals surface area contributed by atoms with E-state index in [2.05, 4.69) is 126 Å². The van der Waals surface area contributed by atoms with E-state index in [1.54, 1.807) is 0 Å². The average molecular weight is 655 g/mol. The minimum Gasteiger partial charge on any atom is -0.309 e. The summed E-state index contributed by atoms with van der Waals surface area (Å²) >= 11 is 1.83. The molecule has 0 saturated heterocycles. The maximum atomic E-state index is 10.8. The molecule has 0 spiro atoms. The Morgan fingerprint density at radius 3 is 1.98 bits per heavy atom. The molecule has 0 fully saturated rings. The minimum atomic E-state index is 0.457. The number of para-hydroxylation sites is 1. The topological polar surface area (TPSA) is 54.5 Å². The predicted octanol–water partition coefficient (Wildman–Crippen LogP) is 12.0. The van der Waals surface area contributed by atoms with Crippen LogP contribution in [0.25, 0.3) is 92.3 Å². The summed E-state index contributed by atoms with van der Waals surface area (Å²) in [5.41, 5.74) is 7.71. The van der Waals surface area contributed by atoms with Gasteiger partial charge in [-0.2, -0.15) is 5.26 Å². The van der Waals surface area contributed by atoms with Gasteiger partial charge in [0.05, 0.1) is 22.4 Å². The molecule has 0 aliphatic heterocycles.